The van der Waals surface area contributed by atoms with Crippen molar-refractivity contribution in [1.82, 2.24) is 0 Å². The molecule has 0 aliphatic heterocycles. The van der Waals surface area contributed by atoms with Crippen molar-refractivity contribution >= 4 is 24.2 Å². The average Bonchev–Trinajstić information content (AvgIpc) is 2.11. The molecule has 0 radical (unpaired) electrons. The first-order chi connectivity index (χ1) is 6.99. The molecular formula is C11H25BrO3Si. The Morgan fingerprint density at radius 3 is 2.00 bits per heavy atom. The number of aliphatic hydroxyl groups is 2. The smallest absolute Gasteiger partial charge is 0.192 e. The molecule has 0 aromatic rings. The third kappa shape index (κ3) is 4.83. The van der Waals surface area contributed by atoms with Gasteiger partial charge in [0.25, 0.3) is 0 Å². The fourth-order valence-electron chi connectivity index (χ4n) is 0.905. The first-order valence-corrected chi connectivity index (χ1v) is 9.45. The second-order valence-corrected chi connectivity index (χ2v) is 11.8. The van der Waals surface area contributed by atoms with Crippen LogP contribution in [0.2, 0.25) is 18.1 Å². The molecular weight excluding hydrogens is 288 g/mol. The Morgan fingerprint density at radius 2 is 1.69 bits per heavy atom. The largest absolute Gasteiger partial charge is 0.416 e. The summed E-state index contributed by atoms with van der Waals surface area (Å²) in [6.45, 7) is 12.9. The third-order valence-corrected chi connectivity index (χ3v) is 8.58. The van der Waals surface area contributed by atoms with E-state index in [1.165, 1.54) is 0 Å². The van der Waals surface area contributed by atoms with Gasteiger partial charge in [0.15, 0.2) is 8.32 Å². The highest BCUT2D eigenvalue weighted by Crippen LogP contribution is 2.36. The van der Waals surface area contributed by atoms with Gasteiger partial charge in [-0.3, -0.25) is 0 Å². The Bertz CT molecular complexity index is 214. The van der Waals surface area contributed by atoms with Crippen molar-refractivity contribution in [3.8, 4) is 0 Å². The van der Waals surface area contributed by atoms with Crippen LogP contribution in [0.15, 0.2) is 0 Å². The molecule has 0 aromatic heterocycles. The first-order valence-electron chi connectivity index (χ1n) is 5.63. The third-order valence-electron chi connectivity index (χ3n) is 3.27. The summed E-state index contributed by atoms with van der Waals surface area (Å²) >= 11 is 3.35. The number of alkyl halides is 1. The summed E-state index contributed by atoms with van der Waals surface area (Å²) in [5.74, 6) is 0. The standard InChI is InChI=1S/C11H25BrO3Si/c1-8(13)10(14)9(12)7-15-16(5,6)11(2,3)4/h8-10,13-14H,7H2,1-6H3/t8-,9-,10+/m0/s1. The van der Waals surface area contributed by atoms with Gasteiger partial charge in [0.2, 0.25) is 0 Å². The molecule has 0 saturated heterocycles. The van der Waals surface area contributed by atoms with Crippen LogP contribution in [0.5, 0.6) is 0 Å². The maximum Gasteiger partial charge on any atom is 0.192 e. The molecule has 16 heavy (non-hydrogen) atoms. The van der Waals surface area contributed by atoms with E-state index in [9.17, 15) is 10.2 Å². The predicted octanol–water partition coefficient (Wildman–Crippen LogP) is 2.51. The average molecular weight is 313 g/mol. The molecule has 0 bridgehead atoms. The fourth-order valence-corrected chi connectivity index (χ4v) is 2.75. The molecule has 3 nitrogen and oxygen atoms in total. The molecule has 2 N–H and O–H groups in total. The van der Waals surface area contributed by atoms with Crippen LogP contribution in [0.3, 0.4) is 0 Å². The van der Waals surface area contributed by atoms with E-state index in [1.54, 1.807) is 6.92 Å². The van der Waals surface area contributed by atoms with Crippen molar-refractivity contribution in [2.45, 2.75) is 62.9 Å². The predicted molar refractivity (Wildman–Crippen MR) is 73.6 cm³/mol. The molecule has 5 heteroatoms. The molecule has 0 fully saturated rings. The van der Waals surface area contributed by atoms with Gasteiger partial charge in [0.05, 0.1) is 17.0 Å². The second kappa shape index (κ2) is 5.95. The number of rotatable bonds is 5. The Balaban J connectivity index is 4.25. The lowest BCUT2D eigenvalue weighted by Crippen LogP contribution is -2.44. The summed E-state index contributed by atoms with van der Waals surface area (Å²) < 4.78 is 5.95. The lowest BCUT2D eigenvalue weighted by molar-refractivity contribution is 0.0231. The summed E-state index contributed by atoms with van der Waals surface area (Å²) in [5, 5.41) is 19.1. The zero-order valence-corrected chi connectivity index (χ0v) is 13.7. The van der Waals surface area contributed by atoms with Crippen LogP contribution in [0.4, 0.5) is 0 Å². The van der Waals surface area contributed by atoms with Gasteiger partial charge in [-0.05, 0) is 25.1 Å². The van der Waals surface area contributed by atoms with Crippen molar-refractivity contribution in [2.24, 2.45) is 0 Å². The fraction of sp³-hybridized carbons (Fsp3) is 1.00. The molecule has 0 aromatic carbocycles. The van der Waals surface area contributed by atoms with Gasteiger partial charge in [-0.1, -0.05) is 36.7 Å². The van der Waals surface area contributed by atoms with E-state index in [0.717, 1.165) is 0 Å². The van der Waals surface area contributed by atoms with Crippen molar-refractivity contribution in [1.29, 1.82) is 0 Å². The number of halogens is 1. The number of aliphatic hydroxyl groups excluding tert-OH is 2. The summed E-state index contributed by atoms with van der Waals surface area (Å²) in [4.78, 5) is -0.221. The Morgan fingerprint density at radius 1 is 1.25 bits per heavy atom. The van der Waals surface area contributed by atoms with Crippen LogP contribution in [-0.4, -0.2) is 42.2 Å². The normalized spacial score (nSPS) is 19.3. The Kier molecular flexibility index (Phi) is 6.17. The zero-order valence-electron chi connectivity index (χ0n) is 11.1. The van der Waals surface area contributed by atoms with Crippen LogP contribution in [0, 0.1) is 0 Å². The molecule has 0 saturated carbocycles. The highest BCUT2D eigenvalue weighted by atomic mass is 79.9. The monoisotopic (exact) mass is 312 g/mol. The van der Waals surface area contributed by atoms with Crippen LogP contribution in [0.1, 0.15) is 27.7 Å². The molecule has 0 aliphatic carbocycles. The van der Waals surface area contributed by atoms with Gasteiger partial charge in [0.1, 0.15) is 0 Å². The maximum atomic E-state index is 9.63. The van der Waals surface area contributed by atoms with Gasteiger partial charge in [0, 0.05) is 6.61 Å². The topological polar surface area (TPSA) is 49.7 Å². The van der Waals surface area contributed by atoms with Gasteiger partial charge in [-0.15, -0.1) is 0 Å². The second-order valence-electron chi connectivity index (χ2n) is 5.82. The van der Waals surface area contributed by atoms with E-state index in [1.807, 2.05) is 0 Å². The molecule has 0 unspecified atom stereocenters. The molecule has 98 valence electrons. The summed E-state index contributed by atoms with van der Waals surface area (Å²) in [5.41, 5.74) is 0. The summed E-state index contributed by atoms with van der Waals surface area (Å²) in [7, 11) is -1.77. The van der Waals surface area contributed by atoms with E-state index in [2.05, 4.69) is 49.8 Å². The van der Waals surface area contributed by atoms with Crippen LogP contribution < -0.4 is 0 Å². The van der Waals surface area contributed by atoms with Gasteiger partial charge in [-0.25, -0.2) is 0 Å². The quantitative estimate of drug-likeness (QED) is 0.606. The van der Waals surface area contributed by atoms with E-state index in [0.29, 0.717) is 6.61 Å². The van der Waals surface area contributed by atoms with Gasteiger partial charge in [-0.2, -0.15) is 0 Å². The van der Waals surface area contributed by atoms with Crippen LogP contribution in [-0.2, 0) is 4.43 Å². The highest BCUT2D eigenvalue weighted by Gasteiger charge is 2.38. The van der Waals surface area contributed by atoms with E-state index in [-0.39, 0.29) is 9.87 Å². The molecule has 0 rings (SSSR count). The molecule has 3 atom stereocenters. The summed E-state index contributed by atoms with van der Waals surface area (Å²) in [6, 6.07) is 0. The number of hydrogen-bond donors (Lipinski definition) is 2. The molecule has 0 heterocycles. The highest BCUT2D eigenvalue weighted by molar-refractivity contribution is 9.09. The van der Waals surface area contributed by atoms with E-state index < -0.39 is 20.5 Å². The summed E-state index contributed by atoms with van der Waals surface area (Å²) in [6.07, 6.45) is -1.53. The van der Waals surface area contributed by atoms with Gasteiger partial charge < -0.3 is 14.6 Å². The minimum Gasteiger partial charge on any atom is -0.416 e. The minimum atomic E-state index is -1.77. The lowest BCUT2D eigenvalue weighted by Gasteiger charge is -2.37. The van der Waals surface area contributed by atoms with Crippen molar-refractivity contribution in [3.05, 3.63) is 0 Å². The molecule has 0 aliphatic rings. The maximum absolute atomic E-state index is 9.63. The van der Waals surface area contributed by atoms with Crippen molar-refractivity contribution in [3.63, 3.8) is 0 Å². The van der Waals surface area contributed by atoms with Crippen LogP contribution >= 0.6 is 15.9 Å². The van der Waals surface area contributed by atoms with Crippen molar-refractivity contribution < 1.29 is 14.6 Å². The Labute approximate surface area is 108 Å². The molecule has 0 spiro atoms. The van der Waals surface area contributed by atoms with Gasteiger partial charge >= 0.3 is 0 Å². The first kappa shape index (κ1) is 16.6. The Hall–Kier alpha value is 0.577. The van der Waals surface area contributed by atoms with Crippen LogP contribution in [0.25, 0.3) is 0 Å². The lowest BCUT2D eigenvalue weighted by atomic mass is 10.2. The van der Waals surface area contributed by atoms with E-state index >= 15 is 0 Å². The minimum absolute atomic E-state index is 0.162. The zero-order chi connectivity index (χ0) is 13.1. The van der Waals surface area contributed by atoms with Crippen molar-refractivity contribution in [2.75, 3.05) is 6.61 Å². The van der Waals surface area contributed by atoms with E-state index in [4.69, 9.17) is 4.43 Å². The molecule has 0 amide bonds. The SMILES string of the molecule is C[C@H](O)[C@@H](O)[C@@H](Br)CO[Si](C)(C)C(C)(C)C. The number of hydrogen-bond acceptors (Lipinski definition) is 3.